The zero-order valence-corrected chi connectivity index (χ0v) is 64.3. The molecule has 98 heavy (non-hydrogen) atoms. The molecule has 0 radical (unpaired) electrons. The molecule has 0 bridgehead atoms. The zero-order valence-electron chi connectivity index (χ0n) is 64.3. The number of nitrogens with zero attached hydrogens (tertiary/aromatic N) is 6. The van der Waals surface area contributed by atoms with Gasteiger partial charge in [-0.05, 0) is 244 Å². The maximum Gasteiger partial charge on any atom is 0.212 e. The molecule has 504 valence electrons. The summed E-state index contributed by atoms with van der Waals surface area (Å²) in [5.74, 6) is 0. The van der Waals surface area contributed by atoms with Gasteiger partial charge in [0.1, 0.15) is 42.3 Å². The number of aryl methyl sites for hydroxylation is 15. The van der Waals surface area contributed by atoms with Crippen molar-refractivity contribution in [2.24, 2.45) is 42.3 Å². The predicted octanol–water partition coefficient (Wildman–Crippen LogP) is 19.2. The molecule has 0 spiro atoms. The minimum atomic E-state index is 1.27. The number of rotatable bonds is 6. The van der Waals surface area contributed by atoms with Crippen LogP contribution in [0, 0.1) is 138 Å². The lowest BCUT2D eigenvalue weighted by atomic mass is 9.88. The summed E-state index contributed by atoms with van der Waals surface area (Å²) in [4.78, 5) is 0. The monoisotopic (exact) mass is 1300 g/mol. The Kier molecular flexibility index (Phi) is 26.2. The Labute approximate surface area is 590 Å². The summed E-state index contributed by atoms with van der Waals surface area (Å²) < 4.78 is 13.3. The molecule has 0 aliphatic carbocycles. The van der Waals surface area contributed by atoms with E-state index in [2.05, 4.69) is 415 Å². The van der Waals surface area contributed by atoms with Crippen molar-refractivity contribution in [2.45, 2.75) is 138 Å². The Morgan fingerprint density at radius 2 is 0.582 bits per heavy atom. The van der Waals surface area contributed by atoms with Gasteiger partial charge < -0.3 is 0 Å². The summed E-state index contributed by atoms with van der Waals surface area (Å²) in [5, 5.41) is 0. The minimum Gasteiger partial charge on any atom is -0.201 e. The van der Waals surface area contributed by atoms with Crippen molar-refractivity contribution in [3.63, 3.8) is 0 Å². The van der Waals surface area contributed by atoms with Crippen LogP contribution in [0.25, 0.3) is 67.5 Å². The second-order valence-electron chi connectivity index (χ2n) is 27.2. The Bertz CT molecular complexity index is 4540. The van der Waals surface area contributed by atoms with Gasteiger partial charge in [-0.25, -0.2) is 9.13 Å². The van der Waals surface area contributed by atoms with Crippen LogP contribution in [0.5, 0.6) is 0 Å². The number of hydrogen-bond acceptors (Lipinski definition) is 0. The van der Waals surface area contributed by atoms with Gasteiger partial charge in [0.25, 0.3) is 0 Å². The highest BCUT2D eigenvalue weighted by Gasteiger charge is 2.22. The highest BCUT2D eigenvalue weighted by Crippen LogP contribution is 2.33. The number of benzene rings is 6. The maximum atomic E-state index is 2.25. The molecule has 0 amide bonds. The average molecular weight is 1300 g/mol. The molecule has 0 fully saturated rings. The van der Waals surface area contributed by atoms with Crippen molar-refractivity contribution in [1.82, 2.24) is 0 Å². The lowest BCUT2D eigenvalue weighted by molar-refractivity contribution is -0.666. The van der Waals surface area contributed by atoms with E-state index >= 15 is 0 Å². The van der Waals surface area contributed by atoms with Crippen molar-refractivity contribution in [3.8, 4) is 67.5 Å². The van der Waals surface area contributed by atoms with Gasteiger partial charge in [-0.2, -0.15) is 18.3 Å². The molecule has 6 nitrogen and oxygen atoms in total. The standard InChI is InChI=1S/C17H22N.5C15H18N/c1-11-12(2)14(4)17(15(5)13(11)3)16-9-7-8-10-18(16)6;1-11-7-5-9-14(13(11)3)15-10-6-8-12(2)16(15)4;1-11-7-5-8-12(2)15(11)14-10-6-9-13(3)16(14)4;1-11-8-9-14(12(2)10-11)15-7-5-6-13(3)16(15)4;1-11-8-9-12(2)14(10-11)15-7-5-6-13(3)16(15)4;1-11-8-9-15(16(4)10-11)14-7-5-6-12(2)13(14)3/h7-10H,1-6H3;5*5-10H,1-4H3/q6*+1. The zero-order chi connectivity index (χ0) is 72.0. The third-order valence-electron chi connectivity index (χ3n) is 20.3. The van der Waals surface area contributed by atoms with Crippen molar-refractivity contribution >= 4 is 0 Å². The summed E-state index contributed by atoms with van der Waals surface area (Å²) in [6.45, 7) is 43.4. The molecule has 6 heterocycles. The van der Waals surface area contributed by atoms with Crippen LogP contribution >= 0.6 is 0 Å². The molecule has 0 unspecified atom stereocenters. The maximum absolute atomic E-state index is 2.25. The van der Waals surface area contributed by atoms with Gasteiger partial charge in [0, 0.05) is 122 Å². The summed E-state index contributed by atoms with van der Waals surface area (Å²) >= 11 is 0. The highest BCUT2D eigenvalue weighted by molar-refractivity contribution is 5.71. The summed E-state index contributed by atoms with van der Waals surface area (Å²) in [7, 11) is 12.7. The normalized spacial score (nSPS) is 10.6. The minimum absolute atomic E-state index is 1.27. The van der Waals surface area contributed by atoms with Crippen LogP contribution in [0.2, 0.25) is 0 Å². The Morgan fingerprint density at radius 1 is 0.204 bits per heavy atom. The van der Waals surface area contributed by atoms with Gasteiger partial charge in [0.15, 0.2) is 35.2 Å². The quantitative estimate of drug-likeness (QED) is 0.148. The van der Waals surface area contributed by atoms with Gasteiger partial charge in [-0.3, -0.25) is 0 Å². The molecule has 0 N–H and O–H groups in total. The molecule has 0 aliphatic rings. The van der Waals surface area contributed by atoms with Crippen LogP contribution < -0.4 is 27.4 Å². The van der Waals surface area contributed by atoms with E-state index in [-0.39, 0.29) is 0 Å². The molecule has 0 saturated heterocycles. The second kappa shape index (κ2) is 33.9. The number of aromatic nitrogens is 6. The molecular weight excluding hydrogens is 1190 g/mol. The molecule has 6 aromatic heterocycles. The van der Waals surface area contributed by atoms with E-state index in [0.717, 1.165) is 0 Å². The molecule has 0 atom stereocenters. The fourth-order valence-electron chi connectivity index (χ4n) is 12.9. The third kappa shape index (κ3) is 18.1. The van der Waals surface area contributed by atoms with E-state index in [9.17, 15) is 0 Å². The van der Waals surface area contributed by atoms with Crippen molar-refractivity contribution in [2.75, 3.05) is 0 Å². The third-order valence-corrected chi connectivity index (χ3v) is 20.3. The predicted molar refractivity (Wildman–Crippen MR) is 413 cm³/mol. The lowest BCUT2D eigenvalue weighted by Gasteiger charge is -2.17. The van der Waals surface area contributed by atoms with Gasteiger partial charge >= 0.3 is 0 Å². The number of pyridine rings is 6. The van der Waals surface area contributed by atoms with Gasteiger partial charge in [-0.15, -0.1) is 0 Å². The Morgan fingerprint density at radius 3 is 1.06 bits per heavy atom. The Balaban J connectivity index is 0.000000166. The molecule has 12 aromatic rings. The SMILES string of the molecule is Cc1c(C)c(C)c(-c2cccc[n+]2C)c(C)c1C.Cc1ccc(-c2cccc(C)[n+]2C)c(C)c1.Cc1ccc(-c2cccc(C)c2C)[n+](C)c1.Cc1ccc(C)c(-c2cccc(C)[n+]2C)c1.Cc1cccc(-c2cccc(C)[n+]2C)c1C.Cc1cccc(C)c1-c1cccc(C)[n+]1C. The Hall–Kier alpha value is -9.78. The fraction of sp³-hybridized carbons (Fsp3) is 0.283. The van der Waals surface area contributed by atoms with Crippen LogP contribution in [0.15, 0.2) is 207 Å². The van der Waals surface area contributed by atoms with E-state index in [4.69, 9.17) is 0 Å². The van der Waals surface area contributed by atoms with Crippen molar-refractivity contribution in [1.29, 1.82) is 0 Å². The van der Waals surface area contributed by atoms with E-state index < -0.39 is 0 Å². The first-order valence-corrected chi connectivity index (χ1v) is 34.6. The first-order chi connectivity index (χ1) is 46.4. The van der Waals surface area contributed by atoms with E-state index in [1.165, 1.54) is 179 Å². The summed E-state index contributed by atoms with van der Waals surface area (Å²) in [6, 6.07) is 69.1. The van der Waals surface area contributed by atoms with Crippen LogP contribution in [-0.2, 0) is 42.3 Å². The largest absolute Gasteiger partial charge is 0.212 e. The smallest absolute Gasteiger partial charge is 0.201 e. The van der Waals surface area contributed by atoms with Crippen LogP contribution in [-0.4, -0.2) is 0 Å². The first-order valence-electron chi connectivity index (χ1n) is 34.6. The van der Waals surface area contributed by atoms with E-state index in [1.54, 1.807) is 0 Å². The molecule has 6 aromatic carbocycles. The first kappa shape index (κ1) is 75.6. The van der Waals surface area contributed by atoms with Gasteiger partial charge in [0.2, 0.25) is 34.2 Å². The summed E-state index contributed by atoms with van der Waals surface area (Å²) in [6.07, 6.45) is 4.27. The molecular formula is C92H112N6+6. The lowest BCUT2D eigenvalue weighted by Crippen LogP contribution is -2.34. The van der Waals surface area contributed by atoms with Crippen LogP contribution in [0.4, 0.5) is 0 Å². The van der Waals surface area contributed by atoms with Crippen LogP contribution in [0.1, 0.15) is 112 Å². The van der Waals surface area contributed by atoms with E-state index in [1.807, 2.05) is 0 Å². The fourth-order valence-corrected chi connectivity index (χ4v) is 12.9. The molecule has 6 heteroatoms. The number of hydrogen-bond donors (Lipinski definition) is 0. The van der Waals surface area contributed by atoms with Crippen molar-refractivity contribution in [3.05, 3.63) is 318 Å². The second-order valence-corrected chi connectivity index (χ2v) is 27.2. The van der Waals surface area contributed by atoms with Crippen molar-refractivity contribution < 1.29 is 27.4 Å². The highest BCUT2D eigenvalue weighted by atomic mass is 15.0. The molecule has 0 aliphatic heterocycles. The molecule has 0 saturated carbocycles. The van der Waals surface area contributed by atoms with E-state index in [0.29, 0.717) is 0 Å². The topological polar surface area (TPSA) is 23.3 Å². The summed E-state index contributed by atoms with van der Waals surface area (Å²) in [5.41, 5.74) is 42.5. The average Bonchev–Trinajstić information content (AvgIpc) is 0.787. The molecule has 12 rings (SSSR count). The van der Waals surface area contributed by atoms with Gasteiger partial charge in [-0.1, -0.05) is 77.9 Å². The van der Waals surface area contributed by atoms with Crippen LogP contribution in [0.3, 0.4) is 0 Å². The van der Waals surface area contributed by atoms with Gasteiger partial charge in [0.05, 0.1) is 11.1 Å².